The van der Waals surface area contributed by atoms with Gasteiger partial charge in [-0.1, -0.05) is 32.0 Å². The van der Waals surface area contributed by atoms with Crippen LogP contribution >= 0.6 is 7.94 Å². The number of hydrogen-bond donors (Lipinski definition) is 1. The number of alkyl halides is 3. The fourth-order valence-electron chi connectivity index (χ4n) is 3.48. The third-order valence-electron chi connectivity index (χ3n) is 4.96. The molecular weight excluding hydrogens is 434 g/mol. The van der Waals surface area contributed by atoms with Gasteiger partial charge in [0.25, 0.3) is 0 Å². The van der Waals surface area contributed by atoms with Crippen molar-refractivity contribution in [3.05, 3.63) is 46.8 Å². The smallest absolute Gasteiger partial charge is 0.448 e. The van der Waals surface area contributed by atoms with Crippen LogP contribution in [-0.4, -0.2) is 36.2 Å². The lowest BCUT2D eigenvalue weighted by Crippen LogP contribution is -2.36. The molecule has 1 N–H and O–H groups in total. The maximum absolute atomic E-state index is 13.9. The predicted molar refractivity (Wildman–Crippen MR) is 110 cm³/mol. The standard InChI is InChI=1S/C21H24F3NO5P/c1-12-16(19(26)28-5)17(14-8-6-7-9-15(14)21(22,23)24)18(13(2)25-12)31(27)29-10-20(3,4)11-30-31/h6-9,27H,10-11H2,1-5H3/q+1. The van der Waals surface area contributed by atoms with Gasteiger partial charge < -0.3 is 4.74 Å². The molecule has 1 aromatic carbocycles. The first-order chi connectivity index (χ1) is 14.3. The lowest BCUT2D eigenvalue weighted by Gasteiger charge is -2.33. The molecule has 1 aliphatic heterocycles. The van der Waals surface area contributed by atoms with E-state index in [0.717, 1.165) is 13.2 Å². The Kier molecular flexibility index (Phi) is 6.19. The van der Waals surface area contributed by atoms with Crippen LogP contribution in [0.1, 0.15) is 41.2 Å². The third kappa shape index (κ3) is 4.46. The zero-order valence-electron chi connectivity index (χ0n) is 17.8. The summed E-state index contributed by atoms with van der Waals surface area (Å²) in [5, 5.41) is -0.0503. The van der Waals surface area contributed by atoms with Gasteiger partial charge in [0.1, 0.15) is 13.2 Å². The normalized spacial score (nSPS) is 18.0. The molecule has 0 spiro atoms. The second-order valence-electron chi connectivity index (χ2n) is 8.15. The molecule has 1 saturated heterocycles. The van der Waals surface area contributed by atoms with Gasteiger partial charge >= 0.3 is 20.1 Å². The number of aryl methyl sites for hydroxylation is 2. The first-order valence-electron chi connectivity index (χ1n) is 9.48. The molecule has 6 nitrogen and oxygen atoms in total. The molecule has 10 heteroatoms. The van der Waals surface area contributed by atoms with E-state index < -0.39 is 31.1 Å². The fourth-order valence-corrected chi connectivity index (χ4v) is 5.84. The number of halogens is 3. The van der Waals surface area contributed by atoms with Crippen LogP contribution < -0.4 is 5.30 Å². The van der Waals surface area contributed by atoms with E-state index in [1.54, 1.807) is 0 Å². The minimum atomic E-state index is -4.70. The van der Waals surface area contributed by atoms with E-state index in [1.807, 2.05) is 13.8 Å². The van der Waals surface area contributed by atoms with Crippen molar-refractivity contribution in [1.29, 1.82) is 0 Å². The third-order valence-corrected chi connectivity index (χ3v) is 7.03. The van der Waals surface area contributed by atoms with E-state index >= 15 is 0 Å². The zero-order chi connectivity index (χ0) is 23.2. The molecule has 2 aromatic rings. The molecule has 0 saturated carbocycles. The molecule has 1 aliphatic rings. The molecule has 168 valence electrons. The number of ether oxygens (including phenoxy) is 1. The number of carbonyl (C=O) groups excluding carboxylic acids is 1. The topological polar surface area (TPSA) is 77.9 Å². The second-order valence-corrected chi connectivity index (χ2v) is 10.2. The highest BCUT2D eigenvalue weighted by atomic mass is 31.2. The Bertz CT molecular complexity index is 1010. The molecule has 1 fully saturated rings. The first-order valence-corrected chi connectivity index (χ1v) is 11.1. The Morgan fingerprint density at radius 1 is 1.16 bits per heavy atom. The van der Waals surface area contributed by atoms with Crippen LogP contribution in [0.15, 0.2) is 24.3 Å². The molecule has 0 aliphatic carbocycles. The number of aromatic nitrogens is 1. The number of pyridine rings is 1. The average Bonchev–Trinajstić information content (AvgIpc) is 2.68. The molecule has 0 radical (unpaired) electrons. The minimum Gasteiger partial charge on any atom is -0.465 e. The van der Waals surface area contributed by atoms with E-state index in [2.05, 4.69) is 4.98 Å². The lowest BCUT2D eigenvalue weighted by atomic mass is 9.93. The number of benzene rings is 1. The number of carbonyl (C=O) groups is 1. The average molecular weight is 458 g/mol. The van der Waals surface area contributed by atoms with Crippen molar-refractivity contribution in [2.24, 2.45) is 5.41 Å². The fraction of sp³-hybridized carbons (Fsp3) is 0.429. The zero-order valence-corrected chi connectivity index (χ0v) is 18.7. The Hall–Kier alpha value is -2.06. The SMILES string of the molecule is COC(=O)c1c(C)nc(C)c([P+]2(O)OCC(C)(C)CO2)c1-c1ccccc1C(F)(F)F. The van der Waals surface area contributed by atoms with Gasteiger partial charge in [-0.3, -0.25) is 4.98 Å². The van der Waals surface area contributed by atoms with E-state index in [0.29, 0.717) is 0 Å². The van der Waals surface area contributed by atoms with E-state index in [9.17, 15) is 22.9 Å². The highest BCUT2D eigenvalue weighted by Crippen LogP contribution is 2.62. The van der Waals surface area contributed by atoms with Crippen molar-refractivity contribution in [1.82, 2.24) is 4.98 Å². The quantitative estimate of drug-likeness (QED) is 0.534. The summed E-state index contributed by atoms with van der Waals surface area (Å²) in [6.07, 6.45) is -4.70. The summed E-state index contributed by atoms with van der Waals surface area (Å²) in [4.78, 5) is 28.3. The number of rotatable bonds is 3. The van der Waals surface area contributed by atoms with Gasteiger partial charge in [-0.25, -0.2) is 4.79 Å². The van der Waals surface area contributed by atoms with E-state index in [1.165, 1.54) is 32.0 Å². The maximum atomic E-state index is 13.9. The molecule has 0 bridgehead atoms. The second kappa shape index (κ2) is 8.13. The largest absolute Gasteiger partial charge is 0.465 e. The van der Waals surface area contributed by atoms with Crippen LogP contribution in [0, 0.1) is 19.3 Å². The van der Waals surface area contributed by atoms with Crippen LogP contribution in [0.4, 0.5) is 13.2 Å². The molecule has 0 unspecified atom stereocenters. The summed E-state index contributed by atoms with van der Waals surface area (Å²) in [6, 6.07) is 4.84. The first kappa shape index (κ1) is 23.6. The molecule has 3 rings (SSSR count). The Morgan fingerprint density at radius 2 is 1.74 bits per heavy atom. The summed E-state index contributed by atoms with van der Waals surface area (Å²) in [6.45, 7) is 7.02. The van der Waals surface area contributed by atoms with Gasteiger partial charge in [-0.05, 0) is 25.5 Å². The maximum Gasteiger partial charge on any atom is 0.448 e. The molecule has 1 aromatic heterocycles. The van der Waals surface area contributed by atoms with E-state index in [-0.39, 0.29) is 46.6 Å². The van der Waals surface area contributed by atoms with Crippen molar-refractivity contribution >= 4 is 19.2 Å². The Balaban J connectivity index is 2.41. The molecule has 2 heterocycles. The molecule has 31 heavy (non-hydrogen) atoms. The van der Waals surface area contributed by atoms with Crippen LogP contribution in [0.2, 0.25) is 0 Å². The lowest BCUT2D eigenvalue weighted by molar-refractivity contribution is -0.137. The van der Waals surface area contributed by atoms with Crippen LogP contribution in [0.3, 0.4) is 0 Å². The summed E-state index contributed by atoms with van der Waals surface area (Å²) in [5.74, 6) is -0.873. The van der Waals surface area contributed by atoms with Gasteiger partial charge in [-0.15, -0.1) is 0 Å². The molecule has 0 atom stereocenters. The van der Waals surface area contributed by atoms with Gasteiger partial charge in [0.05, 0.1) is 35.2 Å². The highest BCUT2D eigenvalue weighted by Gasteiger charge is 2.55. The Labute approximate surface area is 178 Å². The van der Waals surface area contributed by atoms with Gasteiger partial charge in [0, 0.05) is 5.41 Å². The van der Waals surface area contributed by atoms with Gasteiger partial charge in [0.2, 0.25) is 5.30 Å². The highest BCUT2D eigenvalue weighted by molar-refractivity contribution is 7.69. The monoisotopic (exact) mass is 458 g/mol. The van der Waals surface area contributed by atoms with Crippen molar-refractivity contribution in [3.63, 3.8) is 0 Å². The number of esters is 1. The van der Waals surface area contributed by atoms with Gasteiger partial charge in [0.15, 0.2) is 0 Å². The van der Waals surface area contributed by atoms with Crippen molar-refractivity contribution < 1.29 is 36.6 Å². The minimum absolute atomic E-state index is 0.0503. The molecular formula is C21H24F3NO5P+. The summed E-state index contributed by atoms with van der Waals surface area (Å²) >= 11 is 0. The van der Waals surface area contributed by atoms with Crippen LogP contribution in [0.25, 0.3) is 11.1 Å². The number of methoxy groups -OCH3 is 1. The Morgan fingerprint density at radius 3 is 2.29 bits per heavy atom. The van der Waals surface area contributed by atoms with Crippen molar-refractivity contribution in [2.75, 3.05) is 20.3 Å². The summed E-state index contributed by atoms with van der Waals surface area (Å²) in [5.41, 5.74) is -1.57. The van der Waals surface area contributed by atoms with Crippen molar-refractivity contribution in [3.8, 4) is 11.1 Å². The predicted octanol–water partition coefficient (Wildman–Crippen LogP) is 4.62. The number of nitrogens with zero attached hydrogens (tertiary/aromatic N) is 1. The van der Waals surface area contributed by atoms with Crippen LogP contribution in [-0.2, 0) is 20.0 Å². The van der Waals surface area contributed by atoms with Crippen LogP contribution in [0.5, 0.6) is 0 Å². The van der Waals surface area contributed by atoms with Crippen molar-refractivity contribution in [2.45, 2.75) is 33.9 Å². The molecule has 0 amide bonds. The van der Waals surface area contributed by atoms with Gasteiger partial charge in [-0.2, -0.15) is 27.1 Å². The summed E-state index contributed by atoms with van der Waals surface area (Å²) < 4.78 is 57.9. The number of hydrogen-bond acceptors (Lipinski definition) is 6. The van der Waals surface area contributed by atoms with E-state index in [4.69, 9.17) is 13.8 Å². The summed E-state index contributed by atoms with van der Waals surface area (Å²) in [7, 11) is -2.72.